The predicted molar refractivity (Wildman–Crippen MR) is 247 cm³/mol. The number of unbranched alkanes of at least 4 members (excludes halogenated alkanes) is 15. The molecule has 9 nitrogen and oxygen atoms in total. The van der Waals surface area contributed by atoms with E-state index in [9.17, 15) is 19.0 Å². The highest BCUT2D eigenvalue weighted by atomic mass is 31.2. The minimum absolute atomic E-state index is 0.0435. The van der Waals surface area contributed by atoms with Gasteiger partial charge >= 0.3 is 19.8 Å². The SMILES string of the molecule is CCC=CCC=CCC=CCC=CCC=CCCCCCC(=O)OCC(COP(=O)(O)OCCN)OC(=O)CCCCCCCCCCCC=CCC=CCCCCC. The largest absolute Gasteiger partial charge is 0.472 e. The van der Waals surface area contributed by atoms with E-state index in [2.05, 4.69) is 98.9 Å². The molecule has 0 spiro atoms. The lowest BCUT2D eigenvalue weighted by Gasteiger charge is -2.19. The van der Waals surface area contributed by atoms with E-state index in [4.69, 9.17) is 24.3 Å². The summed E-state index contributed by atoms with van der Waals surface area (Å²) in [5.41, 5.74) is 5.35. The van der Waals surface area contributed by atoms with Crippen LogP contribution in [0.25, 0.3) is 0 Å². The van der Waals surface area contributed by atoms with Crippen molar-refractivity contribution in [2.45, 2.75) is 187 Å². The van der Waals surface area contributed by atoms with Gasteiger partial charge in [0.25, 0.3) is 0 Å². The van der Waals surface area contributed by atoms with Crippen LogP contribution < -0.4 is 5.73 Å². The lowest BCUT2D eigenvalue weighted by molar-refractivity contribution is -0.161. The van der Waals surface area contributed by atoms with Gasteiger partial charge in [0.1, 0.15) is 6.61 Å². The van der Waals surface area contributed by atoms with Gasteiger partial charge in [-0.15, -0.1) is 0 Å². The van der Waals surface area contributed by atoms with E-state index in [1.165, 1.54) is 57.8 Å². The molecule has 0 amide bonds. The number of hydrogen-bond donors (Lipinski definition) is 2. The first-order chi connectivity index (χ1) is 28.8. The van der Waals surface area contributed by atoms with Gasteiger partial charge in [0.2, 0.25) is 0 Å². The third-order valence-electron chi connectivity index (χ3n) is 9.27. The quantitative estimate of drug-likeness (QED) is 0.0266. The van der Waals surface area contributed by atoms with Gasteiger partial charge in [-0.05, 0) is 89.9 Å². The van der Waals surface area contributed by atoms with Crippen molar-refractivity contribution in [2.75, 3.05) is 26.4 Å². The molecule has 338 valence electrons. The Hall–Kier alpha value is -2.81. The van der Waals surface area contributed by atoms with Crippen LogP contribution in [0, 0.1) is 0 Å². The smallest absolute Gasteiger partial charge is 0.462 e. The van der Waals surface area contributed by atoms with Crippen LogP contribution in [-0.2, 0) is 32.7 Å². The molecular weight excluding hydrogens is 762 g/mol. The molecule has 0 saturated heterocycles. The zero-order chi connectivity index (χ0) is 43.2. The predicted octanol–water partition coefficient (Wildman–Crippen LogP) is 13.6. The summed E-state index contributed by atoms with van der Waals surface area (Å²) in [6.45, 7) is 3.54. The molecule has 0 rings (SSSR count). The number of phosphoric acid groups is 1. The van der Waals surface area contributed by atoms with Crippen LogP contribution in [0.15, 0.2) is 85.1 Å². The van der Waals surface area contributed by atoms with Gasteiger partial charge in [0, 0.05) is 19.4 Å². The van der Waals surface area contributed by atoms with Gasteiger partial charge in [0.15, 0.2) is 6.10 Å². The Kier molecular flexibility index (Phi) is 42.6. The van der Waals surface area contributed by atoms with E-state index in [-0.39, 0.29) is 32.6 Å². The van der Waals surface area contributed by atoms with Crippen LogP contribution in [0.4, 0.5) is 0 Å². The molecule has 0 aliphatic heterocycles. The fraction of sp³-hybridized carbons (Fsp3) is 0.673. The van der Waals surface area contributed by atoms with Crippen LogP contribution in [0.2, 0.25) is 0 Å². The Balaban J connectivity index is 4.20. The average molecular weight is 846 g/mol. The molecule has 0 bridgehead atoms. The lowest BCUT2D eigenvalue weighted by atomic mass is 10.1. The molecule has 0 heterocycles. The molecule has 0 aromatic rings. The normalized spacial score (nSPS) is 14.0. The zero-order valence-corrected chi connectivity index (χ0v) is 38.1. The number of allylic oxidation sites excluding steroid dienone is 14. The van der Waals surface area contributed by atoms with Gasteiger partial charge in [-0.25, -0.2) is 4.57 Å². The molecule has 2 unspecified atom stereocenters. The highest BCUT2D eigenvalue weighted by Gasteiger charge is 2.26. The number of nitrogens with two attached hydrogens (primary N) is 1. The van der Waals surface area contributed by atoms with Crippen LogP contribution in [0.5, 0.6) is 0 Å². The highest BCUT2D eigenvalue weighted by molar-refractivity contribution is 7.47. The number of esters is 2. The third-order valence-corrected chi connectivity index (χ3v) is 10.2. The van der Waals surface area contributed by atoms with Crippen LogP contribution >= 0.6 is 7.82 Å². The Morgan fingerprint density at radius 3 is 1.41 bits per heavy atom. The molecule has 0 aromatic heterocycles. The summed E-state index contributed by atoms with van der Waals surface area (Å²) in [6, 6.07) is 0. The molecule has 2 atom stereocenters. The minimum atomic E-state index is -4.39. The number of phosphoric ester groups is 1. The van der Waals surface area contributed by atoms with Gasteiger partial charge in [0.05, 0.1) is 13.2 Å². The van der Waals surface area contributed by atoms with Crippen LogP contribution in [0.3, 0.4) is 0 Å². The van der Waals surface area contributed by atoms with E-state index in [0.29, 0.717) is 12.8 Å². The van der Waals surface area contributed by atoms with Crippen LogP contribution in [0.1, 0.15) is 181 Å². The fourth-order valence-corrected chi connectivity index (χ4v) is 6.63. The Morgan fingerprint density at radius 2 is 0.932 bits per heavy atom. The lowest BCUT2D eigenvalue weighted by Crippen LogP contribution is -2.29. The highest BCUT2D eigenvalue weighted by Crippen LogP contribution is 2.43. The summed E-state index contributed by atoms with van der Waals surface area (Å²) >= 11 is 0. The van der Waals surface area contributed by atoms with E-state index in [1.807, 2.05) is 0 Å². The molecule has 0 saturated carbocycles. The van der Waals surface area contributed by atoms with E-state index in [1.54, 1.807) is 0 Å². The van der Waals surface area contributed by atoms with Gasteiger partial charge in [-0.1, -0.05) is 163 Å². The third kappa shape index (κ3) is 44.6. The number of carbonyl (C=O) groups is 2. The first-order valence-electron chi connectivity index (χ1n) is 23.1. The van der Waals surface area contributed by atoms with E-state index >= 15 is 0 Å². The number of hydrogen-bond acceptors (Lipinski definition) is 8. The maximum absolute atomic E-state index is 12.6. The van der Waals surface area contributed by atoms with Crippen molar-refractivity contribution in [3.8, 4) is 0 Å². The zero-order valence-electron chi connectivity index (χ0n) is 37.2. The second-order valence-electron chi connectivity index (χ2n) is 14.9. The molecule has 0 aliphatic rings. The second-order valence-corrected chi connectivity index (χ2v) is 16.3. The molecule has 0 fully saturated rings. The maximum atomic E-state index is 12.6. The molecule has 0 aromatic carbocycles. The number of rotatable bonds is 42. The summed E-state index contributed by atoms with van der Waals surface area (Å²) in [4.78, 5) is 35.0. The first-order valence-corrected chi connectivity index (χ1v) is 24.6. The topological polar surface area (TPSA) is 134 Å². The van der Waals surface area contributed by atoms with Gasteiger partial charge < -0.3 is 20.1 Å². The average Bonchev–Trinajstić information content (AvgIpc) is 3.22. The Morgan fingerprint density at radius 1 is 0.525 bits per heavy atom. The van der Waals surface area contributed by atoms with Crippen molar-refractivity contribution in [2.24, 2.45) is 5.73 Å². The number of carbonyl (C=O) groups excluding carboxylic acids is 2. The Bertz CT molecular complexity index is 1240. The van der Waals surface area contributed by atoms with Crippen molar-refractivity contribution in [1.29, 1.82) is 0 Å². The molecular formula is C49H84NO8P. The molecule has 59 heavy (non-hydrogen) atoms. The van der Waals surface area contributed by atoms with Crippen molar-refractivity contribution in [1.82, 2.24) is 0 Å². The van der Waals surface area contributed by atoms with Crippen molar-refractivity contribution >= 4 is 19.8 Å². The monoisotopic (exact) mass is 846 g/mol. The van der Waals surface area contributed by atoms with Crippen molar-refractivity contribution in [3.63, 3.8) is 0 Å². The summed E-state index contributed by atoms with van der Waals surface area (Å²) in [5, 5.41) is 0. The second kappa shape index (κ2) is 44.7. The van der Waals surface area contributed by atoms with E-state index in [0.717, 1.165) is 83.5 Å². The summed E-state index contributed by atoms with van der Waals surface area (Å²) < 4.78 is 32.8. The standard InChI is InChI=1S/C49H84NO8P/c1-3-5-7-9-11-13-15-17-19-21-23-25-27-29-31-33-35-37-39-41-48(51)55-45-47(46-57-59(53,54)56-44-43-50)58-49(52)42-40-38-36-34-32-30-28-26-24-22-20-18-16-14-12-10-8-6-4-2/h5,7,11-14,17-20,23,25,29,31,47H,3-4,6,8-10,15-16,21-22,24,26-28,30,32-46,50H2,1-2H3,(H,53,54). The number of ether oxygens (including phenoxy) is 2. The van der Waals surface area contributed by atoms with Gasteiger partial charge in [-0.3, -0.25) is 18.6 Å². The molecule has 0 aliphatic carbocycles. The maximum Gasteiger partial charge on any atom is 0.472 e. The van der Waals surface area contributed by atoms with Crippen molar-refractivity contribution in [3.05, 3.63) is 85.1 Å². The first kappa shape index (κ1) is 56.2. The molecule has 10 heteroatoms. The fourth-order valence-electron chi connectivity index (χ4n) is 5.87. The summed E-state index contributed by atoms with van der Waals surface area (Å²) in [6.07, 6.45) is 56.1. The van der Waals surface area contributed by atoms with Crippen molar-refractivity contribution < 1.29 is 37.6 Å². The molecule has 0 radical (unpaired) electrons. The minimum Gasteiger partial charge on any atom is -0.462 e. The van der Waals surface area contributed by atoms with Crippen LogP contribution in [-0.4, -0.2) is 49.3 Å². The van der Waals surface area contributed by atoms with Gasteiger partial charge in [-0.2, -0.15) is 0 Å². The summed E-state index contributed by atoms with van der Waals surface area (Å²) in [5.74, 6) is -0.877. The van der Waals surface area contributed by atoms with E-state index < -0.39 is 32.5 Å². The molecule has 3 N–H and O–H groups in total. The summed E-state index contributed by atoms with van der Waals surface area (Å²) in [7, 11) is -4.39. The Labute approximate surface area is 360 Å².